The Morgan fingerprint density at radius 1 is 1.06 bits per heavy atom. The van der Waals surface area contributed by atoms with Crippen LogP contribution in [0.5, 0.6) is 0 Å². The molecule has 2 aromatic carbocycles. The molecule has 1 aliphatic carbocycles. The van der Waals surface area contributed by atoms with Gasteiger partial charge in [-0.2, -0.15) is 0 Å². The van der Waals surface area contributed by atoms with Crippen molar-refractivity contribution in [1.29, 1.82) is 0 Å². The van der Waals surface area contributed by atoms with Gasteiger partial charge in [0.2, 0.25) is 0 Å². The highest BCUT2D eigenvalue weighted by Gasteiger charge is 2.22. The minimum Gasteiger partial charge on any atom is -0.378 e. The summed E-state index contributed by atoms with van der Waals surface area (Å²) in [5, 5.41) is 3.49. The molecule has 1 atom stereocenters. The van der Waals surface area contributed by atoms with Crippen LogP contribution < -0.4 is 5.32 Å². The van der Waals surface area contributed by atoms with Gasteiger partial charge in [0, 0.05) is 5.69 Å². The van der Waals surface area contributed by atoms with E-state index in [9.17, 15) is 4.39 Å². The van der Waals surface area contributed by atoms with Gasteiger partial charge in [-0.15, -0.1) is 0 Å². The highest BCUT2D eigenvalue weighted by atomic mass is 19.1. The summed E-state index contributed by atoms with van der Waals surface area (Å²) >= 11 is 0. The monoisotopic (exact) mass is 227 g/mol. The molecule has 0 spiro atoms. The summed E-state index contributed by atoms with van der Waals surface area (Å²) in [6.07, 6.45) is 1.99. The van der Waals surface area contributed by atoms with Gasteiger partial charge < -0.3 is 5.32 Å². The summed E-state index contributed by atoms with van der Waals surface area (Å²) in [7, 11) is 0. The summed E-state index contributed by atoms with van der Waals surface area (Å²) in [6.45, 7) is 0. The smallest absolute Gasteiger partial charge is 0.123 e. The van der Waals surface area contributed by atoms with Gasteiger partial charge in [0.05, 0.1) is 6.04 Å². The van der Waals surface area contributed by atoms with Crippen molar-refractivity contribution >= 4 is 5.69 Å². The summed E-state index contributed by atoms with van der Waals surface area (Å²) < 4.78 is 13.1. The molecule has 0 heterocycles. The van der Waals surface area contributed by atoms with Crippen molar-refractivity contribution in [2.24, 2.45) is 0 Å². The first-order chi connectivity index (χ1) is 8.33. The zero-order chi connectivity index (χ0) is 11.7. The third-order valence-corrected chi connectivity index (χ3v) is 3.30. The van der Waals surface area contributed by atoms with Crippen LogP contribution in [0.2, 0.25) is 0 Å². The minimum atomic E-state index is -0.135. The summed E-state index contributed by atoms with van der Waals surface area (Å²) in [6, 6.07) is 15.6. The summed E-state index contributed by atoms with van der Waals surface area (Å²) in [4.78, 5) is 0. The van der Waals surface area contributed by atoms with E-state index in [0.717, 1.165) is 24.1 Å². The fraction of sp³-hybridized carbons (Fsp3) is 0.200. The number of fused-ring (bicyclic) bond motifs is 1. The largest absolute Gasteiger partial charge is 0.378 e. The molecule has 0 aliphatic heterocycles. The maximum absolute atomic E-state index is 13.1. The van der Waals surface area contributed by atoms with Crippen LogP contribution in [0.25, 0.3) is 0 Å². The van der Waals surface area contributed by atoms with Crippen molar-refractivity contribution in [3.63, 3.8) is 0 Å². The predicted octanol–water partition coefficient (Wildman–Crippen LogP) is 3.93. The molecule has 0 amide bonds. The Kier molecular flexibility index (Phi) is 2.56. The molecular weight excluding hydrogens is 213 g/mol. The molecule has 0 bridgehead atoms. The van der Waals surface area contributed by atoms with Gasteiger partial charge in [-0.3, -0.25) is 0 Å². The lowest BCUT2D eigenvalue weighted by molar-refractivity contribution is 0.626. The number of nitrogens with one attached hydrogen (secondary N) is 1. The number of rotatable bonds is 2. The molecule has 2 heteroatoms. The Bertz CT molecular complexity index is 522. The lowest BCUT2D eigenvalue weighted by atomic mass is 10.1. The molecule has 0 saturated heterocycles. The zero-order valence-corrected chi connectivity index (χ0v) is 9.49. The zero-order valence-electron chi connectivity index (χ0n) is 9.49. The second-order valence-electron chi connectivity index (χ2n) is 4.44. The van der Waals surface area contributed by atoms with Gasteiger partial charge in [-0.1, -0.05) is 24.3 Å². The van der Waals surface area contributed by atoms with Crippen molar-refractivity contribution in [3.8, 4) is 0 Å². The second kappa shape index (κ2) is 4.21. The Labute approximate surface area is 100 Å². The number of anilines is 1. The number of benzene rings is 2. The van der Waals surface area contributed by atoms with E-state index >= 15 is 0 Å². The molecule has 0 saturated carbocycles. The van der Waals surface area contributed by atoms with Gasteiger partial charge in [0.15, 0.2) is 0 Å². The van der Waals surface area contributed by atoms with Crippen molar-refractivity contribution in [3.05, 3.63) is 65.5 Å². The number of aryl methyl sites for hydroxylation is 1. The second-order valence-corrected chi connectivity index (χ2v) is 4.44. The summed E-state index contributed by atoms with van der Waals surface area (Å²) in [5.41, 5.74) is 3.49. The Morgan fingerprint density at radius 3 is 2.71 bits per heavy atom. The van der Waals surface area contributed by atoms with Crippen LogP contribution in [0, 0.1) is 5.82 Å². The normalized spacial score (nSPS) is 17.8. The van der Waals surface area contributed by atoms with E-state index in [1.165, 1.54) is 5.56 Å². The third kappa shape index (κ3) is 2.03. The van der Waals surface area contributed by atoms with Crippen LogP contribution in [-0.2, 0) is 6.42 Å². The first-order valence-electron chi connectivity index (χ1n) is 5.93. The van der Waals surface area contributed by atoms with Crippen LogP contribution >= 0.6 is 0 Å². The third-order valence-electron chi connectivity index (χ3n) is 3.30. The molecule has 17 heavy (non-hydrogen) atoms. The first kappa shape index (κ1) is 10.3. The standard InChI is InChI=1S/C15H14FN/c16-12-7-8-14-11(10-12)6-9-15(14)17-13-4-2-1-3-5-13/h1-5,7-8,10,15,17H,6,9H2. The minimum absolute atomic E-state index is 0.135. The highest BCUT2D eigenvalue weighted by Crippen LogP contribution is 2.34. The van der Waals surface area contributed by atoms with Gasteiger partial charge >= 0.3 is 0 Å². The molecule has 1 unspecified atom stereocenters. The van der Waals surface area contributed by atoms with Crippen molar-refractivity contribution in [1.82, 2.24) is 0 Å². The first-order valence-corrected chi connectivity index (χ1v) is 5.93. The quantitative estimate of drug-likeness (QED) is 0.819. The van der Waals surface area contributed by atoms with E-state index in [1.54, 1.807) is 12.1 Å². The molecular formula is C15H14FN. The van der Waals surface area contributed by atoms with Crippen LogP contribution in [-0.4, -0.2) is 0 Å². The topological polar surface area (TPSA) is 12.0 Å². The van der Waals surface area contributed by atoms with Crippen LogP contribution in [0.15, 0.2) is 48.5 Å². The molecule has 3 rings (SSSR count). The molecule has 1 N–H and O–H groups in total. The van der Waals surface area contributed by atoms with E-state index < -0.39 is 0 Å². The van der Waals surface area contributed by atoms with Gasteiger partial charge in [0.1, 0.15) is 5.82 Å². The van der Waals surface area contributed by atoms with Crippen LogP contribution in [0.1, 0.15) is 23.6 Å². The maximum atomic E-state index is 13.1. The molecule has 0 radical (unpaired) electrons. The Hall–Kier alpha value is -1.83. The van der Waals surface area contributed by atoms with Gasteiger partial charge in [0.25, 0.3) is 0 Å². The van der Waals surface area contributed by atoms with Crippen molar-refractivity contribution in [2.75, 3.05) is 5.32 Å². The SMILES string of the molecule is Fc1ccc2c(c1)CCC2Nc1ccccc1. The molecule has 0 fully saturated rings. The number of hydrogen-bond donors (Lipinski definition) is 1. The Balaban J connectivity index is 1.85. The van der Waals surface area contributed by atoms with E-state index in [-0.39, 0.29) is 5.82 Å². The van der Waals surface area contributed by atoms with E-state index in [0.29, 0.717) is 6.04 Å². The molecule has 86 valence electrons. The maximum Gasteiger partial charge on any atom is 0.123 e. The lowest BCUT2D eigenvalue weighted by Crippen LogP contribution is -2.06. The average molecular weight is 227 g/mol. The Morgan fingerprint density at radius 2 is 1.88 bits per heavy atom. The molecule has 2 aromatic rings. The lowest BCUT2D eigenvalue weighted by Gasteiger charge is -2.15. The van der Waals surface area contributed by atoms with Crippen LogP contribution in [0.4, 0.5) is 10.1 Å². The van der Waals surface area contributed by atoms with Gasteiger partial charge in [-0.25, -0.2) is 4.39 Å². The number of para-hydroxylation sites is 1. The van der Waals surface area contributed by atoms with Crippen LogP contribution in [0.3, 0.4) is 0 Å². The molecule has 1 aliphatic rings. The fourth-order valence-electron chi connectivity index (χ4n) is 2.47. The van der Waals surface area contributed by atoms with Crippen molar-refractivity contribution < 1.29 is 4.39 Å². The molecule has 0 aromatic heterocycles. The van der Waals surface area contributed by atoms with E-state index in [1.807, 2.05) is 24.3 Å². The van der Waals surface area contributed by atoms with Gasteiger partial charge in [-0.05, 0) is 48.2 Å². The highest BCUT2D eigenvalue weighted by molar-refractivity contribution is 5.48. The molecule has 1 nitrogen and oxygen atoms in total. The summed E-state index contributed by atoms with van der Waals surface area (Å²) in [5.74, 6) is -0.135. The average Bonchev–Trinajstić information content (AvgIpc) is 2.73. The number of halogens is 1. The number of hydrogen-bond acceptors (Lipinski definition) is 1. The van der Waals surface area contributed by atoms with Crippen molar-refractivity contribution in [2.45, 2.75) is 18.9 Å². The predicted molar refractivity (Wildman–Crippen MR) is 67.5 cm³/mol. The van der Waals surface area contributed by atoms with E-state index in [2.05, 4.69) is 17.4 Å². The fourth-order valence-corrected chi connectivity index (χ4v) is 2.47. The van der Waals surface area contributed by atoms with E-state index in [4.69, 9.17) is 0 Å².